The van der Waals surface area contributed by atoms with Gasteiger partial charge in [-0.2, -0.15) is 0 Å². The number of ether oxygens (including phenoxy) is 1. The molecule has 4 heterocycles. The lowest BCUT2D eigenvalue weighted by Crippen LogP contribution is -2.46. The third-order valence-electron chi connectivity index (χ3n) is 7.01. The van der Waals surface area contributed by atoms with Crippen LogP contribution in [0.4, 0.5) is 0 Å². The van der Waals surface area contributed by atoms with Crippen LogP contribution in [0, 0.1) is 11.8 Å². The average Bonchev–Trinajstić information content (AvgIpc) is 3.31. The van der Waals surface area contributed by atoms with E-state index in [-0.39, 0.29) is 24.0 Å². The monoisotopic (exact) mass is 476 g/mol. The first-order chi connectivity index (χ1) is 12.2. The lowest BCUT2D eigenvalue weighted by molar-refractivity contribution is 0.0766. The SMILES string of the molecule is CCNC(=NCC(C)N1CCCCC1C)N1CC2C3CCC(O3)C2C1.I. The Kier molecular flexibility index (Phi) is 7.11. The van der Waals surface area contributed by atoms with Gasteiger partial charge in [0.2, 0.25) is 0 Å². The molecule has 26 heavy (non-hydrogen) atoms. The van der Waals surface area contributed by atoms with Crippen molar-refractivity contribution in [2.45, 2.75) is 77.2 Å². The third-order valence-corrected chi connectivity index (χ3v) is 7.01. The highest BCUT2D eigenvalue weighted by atomic mass is 127. The van der Waals surface area contributed by atoms with Gasteiger partial charge in [-0.25, -0.2) is 0 Å². The predicted molar refractivity (Wildman–Crippen MR) is 117 cm³/mol. The number of nitrogens with one attached hydrogen (secondary N) is 1. The fourth-order valence-electron chi connectivity index (χ4n) is 5.66. The molecule has 4 fully saturated rings. The Hall–Kier alpha value is -0.0800. The second-order valence-corrected chi connectivity index (χ2v) is 8.65. The van der Waals surface area contributed by atoms with Crippen LogP contribution in [-0.4, -0.2) is 72.8 Å². The number of nitrogens with zero attached hydrogens (tertiary/aromatic N) is 3. The largest absolute Gasteiger partial charge is 0.374 e. The van der Waals surface area contributed by atoms with Crippen LogP contribution < -0.4 is 5.32 Å². The molecule has 0 aromatic heterocycles. The summed E-state index contributed by atoms with van der Waals surface area (Å²) in [7, 11) is 0. The highest BCUT2D eigenvalue weighted by Crippen LogP contribution is 2.47. The summed E-state index contributed by atoms with van der Waals surface area (Å²) in [6.07, 6.45) is 7.67. The fourth-order valence-corrected chi connectivity index (χ4v) is 5.66. The van der Waals surface area contributed by atoms with Crippen molar-refractivity contribution in [2.24, 2.45) is 16.8 Å². The van der Waals surface area contributed by atoms with Crippen LogP contribution in [0.3, 0.4) is 0 Å². The molecule has 0 amide bonds. The maximum Gasteiger partial charge on any atom is 0.193 e. The smallest absolute Gasteiger partial charge is 0.193 e. The van der Waals surface area contributed by atoms with Crippen LogP contribution in [0.25, 0.3) is 0 Å². The van der Waals surface area contributed by atoms with Gasteiger partial charge in [-0.3, -0.25) is 9.89 Å². The van der Waals surface area contributed by atoms with E-state index in [4.69, 9.17) is 9.73 Å². The van der Waals surface area contributed by atoms with Crippen molar-refractivity contribution >= 4 is 29.9 Å². The summed E-state index contributed by atoms with van der Waals surface area (Å²) in [6, 6.07) is 1.24. The van der Waals surface area contributed by atoms with Gasteiger partial charge < -0.3 is 15.0 Å². The third kappa shape index (κ3) is 4.02. The molecule has 0 saturated carbocycles. The van der Waals surface area contributed by atoms with Crippen molar-refractivity contribution in [3.05, 3.63) is 0 Å². The Morgan fingerprint density at radius 1 is 1.15 bits per heavy atom. The molecule has 0 aliphatic carbocycles. The molecular weight excluding hydrogens is 439 g/mol. The molecule has 0 aromatic rings. The molecule has 0 aromatic carbocycles. The first kappa shape index (κ1) is 20.6. The molecule has 4 rings (SSSR count). The van der Waals surface area contributed by atoms with Gasteiger partial charge in [-0.15, -0.1) is 24.0 Å². The van der Waals surface area contributed by atoms with Crippen LogP contribution in [-0.2, 0) is 4.74 Å². The Balaban J connectivity index is 0.00000196. The van der Waals surface area contributed by atoms with E-state index in [0.717, 1.165) is 44.0 Å². The number of piperidine rings is 1. The highest BCUT2D eigenvalue weighted by Gasteiger charge is 2.53. The fraction of sp³-hybridized carbons (Fsp3) is 0.950. The molecule has 150 valence electrons. The number of halogens is 1. The highest BCUT2D eigenvalue weighted by molar-refractivity contribution is 14.0. The Labute approximate surface area is 176 Å². The first-order valence-electron chi connectivity index (χ1n) is 10.6. The second-order valence-electron chi connectivity index (χ2n) is 8.65. The number of likely N-dealkylation sites (tertiary alicyclic amines) is 2. The Morgan fingerprint density at radius 3 is 2.46 bits per heavy atom. The Morgan fingerprint density at radius 2 is 1.85 bits per heavy atom. The zero-order chi connectivity index (χ0) is 17.4. The van der Waals surface area contributed by atoms with E-state index >= 15 is 0 Å². The second kappa shape index (κ2) is 8.95. The minimum absolute atomic E-state index is 0. The van der Waals surface area contributed by atoms with E-state index in [1.165, 1.54) is 38.6 Å². The van der Waals surface area contributed by atoms with Gasteiger partial charge in [0.15, 0.2) is 5.96 Å². The van der Waals surface area contributed by atoms with Crippen molar-refractivity contribution in [2.75, 3.05) is 32.7 Å². The van der Waals surface area contributed by atoms with Gasteiger partial charge in [0.05, 0.1) is 18.8 Å². The minimum Gasteiger partial charge on any atom is -0.374 e. The molecule has 5 nitrogen and oxygen atoms in total. The molecule has 0 spiro atoms. The molecule has 4 saturated heterocycles. The molecule has 0 radical (unpaired) electrons. The van der Waals surface area contributed by atoms with Gasteiger partial charge in [-0.1, -0.05) is 6.42 Å². The van der Waals surface area contributed by atoms with E-state index in [2.05, 4.69) is 35.9 Å². The summed E-state index contributed by atoms with van der Waals surface area (Å²) in [4.78, 5) is 10.2. The molecule has 6 atom stereocenters. The number of rotatable bonds is 4. The first-order valence-corrected chi connectivity index (χ1v) is 10.6. The molecule has 1 N–H and O–H groups in total. The molecule has 6 unspecified atom stereocenters. The lowest BCUT2D eigenvalue weighted by Gasteiger charge is -2.37. The summed E-state index contributed by atoms with van der Waals surface area (Å²) in [6.45, 7) is 12.3. The van der Waals surface area contributed by atoms with Gasteiger partial charge in [0.25, 0.3) is 0 Å². The van der Waals surface area contributed by atoms with Gasteiger partial charge in [0.1, 0.15) is 0 Å². The zero-order valence-electron chi connectivity index (χ0n) is 16.7. The molecular formula is C20H37IN4O. The maximum absolute atomic E-state index is 6.12. The van der Waals surface area contributed by atoms with Crippen LogP contribution in [0.5, 0.6) is 0 Å². The molecule has 4 aliphatic heterocycles. The number of hydrogen-bond acceptors (Lipinski definition) is 3. The number of guanidine groups is 1. The summed E-state index contributed by atoms with van der Waals surface area (Å²) in [5.74, 6) is 2.61. The normalized spacial score (nSPS) is 38.2. The van der Waals surface area contributed by atoms with Gasteiger partial charge in [-0.05, 0) is 53.0 Å². The van der Waals surface area contributed by atoms with Gasteiger partial charge >= 0.3 is 0 Å². The van der Waals surface area contributed by atoms with Crippen LogP contribution in [0.1, 0.15) is 52.9 Å². The van der Waals surface area contributed by atoms with E-state index in [1.807, 2.05) is 0 Å². The van der Waals surface area contributed by atoms with Crippen LogP contribution >= 0.6 is 24.0 Å². The zero-order valence-corrected chi connectivity index (χ0v) is 19.0. The number of hydrogen-bond donors (Lipinski definition) is 1. The quantitative estimate of drug-likeness (QED) is 0.385. The Bertz CT molecular complexity index is 484. The van der Waals surface area contributed by atoms with Crippen molar-refractivity contribution in [3.8, 4) is 0 Å². The molecule has 4 aliphatic rings. The standard InChI is InChI=1S/C20H36N4O.HI/c1-4-21-20(22-11-15(3)24-10-6-5-7-14(24)2)23-12-16-17(13-23)19-9-8-18(16)25-19;/h14-19H,4-13H2,1-3H3,(H,21,22);1H. The maximum atomic E-state index is 6.12. The minimum atomic E-state index is 0. The summed E-state index contributed by atoms with van der Waals surface area (Å²) >= 11 is 0. The van der Waals surface area contributed by atoms with E-state index in [1.54, 1.807) is 0 Å². The van der Waals surface area contributed by atoms with Crippen LogP contribution in [0.15, 0.2) is 4.99 Å². The summed E-state index contributed by atoms with van der Waals surface area (Å²) in [5.41, 5.74) is 0. The number of fused-ring (bicyclic) bond motifs is 5. The van der Waals surface area contributed by atoms with Crippen LogP contribution in [0.2, 0.25) is 0 Å². The average molecular weight is 476 g/mol. The van der Waals surface area contributed by atoms with Crippen molar-refractivity contribution in [1.82, 2.24) is 15.1 Å². The van der Waals surface area contributed by atoms with Crippen molar-refractivity contribution < 1.29 is 4.74 Å². The lowest BCUT2D eigenvalue weighted by atomic mass is 9.82. The van der Waals surface area contributed by atoms with Crippen molar-refractivity contribution in [3.63, 3.8) is 0 Å². The van der Waals surface area contributed by atoms with Crippen molar-refractivity contribution in [1.29, 1.82) is 0 Å². The summed E-state index contributed by atoms with van der Waals surface area (Å²) < 4.78 is 6.12. The predicted octanol–water partition coefficient (Wildman–Crippen LogP) is 2.94. The number of aliphatic imine (C=N–C) groups is 1. The van der Waals surface area contributed by atoms with E-state index in [9.17, 15) is 0 Å². The van der Waals surface area contributed by atoms with E-state index < -0.39 is 0 Å². The molecule has 2 bridgehead atoms. The van der Waals surface area contributed by atoms with Gasteiger partial charge in [0, 0.05) is 43.6 Å². The summed E-state index contributed by atoms with van der Waals surface area (Å²) in [5, 5.41) is 3.55. The molecule has 6 heteroatoms. The topological polar surface area (TPSA) is 40.1 Å². The van der Waals surface area contributed by atoms with E-state index in [0.29, 0.717) is 24.3 Å².